The minimum Gasteiger partial charge on any atom is -0.427 e. The van der Waals surface area contributed by atoms with Crippen LogP contribution in [0.15, 0.2) is 58.3 Å². The third-order valence-electron chi connectivity index (χ3n) is 5.91. The number of nitrogens with zero attached hydrogens (tertiary/aromatic N) is 1. The van der Waals surface area contributed by atoms with Gasteiger partial charge in [0, 0.05) is 34.4 Å². The lowest BCUT2D eigenvalue weighted by Crippen LogP contribution is -2.62. The third-order valence-corrected chi connectivity index (χ3v) is 6.93. The molecule has 3 fully saturated rings. The van der Waals surface area contributed by atoms with Gasteiger partial charge in [-0.2, -0.15) is 0 Å². The number of fused-ring (bicyclic) bond motifs is 3. The molecule has 5 rings (SSSR count). The van der Waals surface area contributed by atoms with Crippen molar-refractivity contribution in [3.05, 3.63) is 54.1 Å². The lowest BCUT2D eigenvalue weighted by Gasteiger charge is -2.49. The van der Waals surface area contributed by atoms with Crippen molar-refractivity contribution in [3.63, 3.8) is 0 Å². The van der Waals surface area contributed by atoms with Crippen LogP contribution in [0.2, 0.25) is 0 Å². The van der Waals surface area contributed by atoms with Crippen molar-refractivity contribution in [2.24, 2.45) is 5.92 Å². The van der Waals surface area contributed by atoms with E-state index < -0.39 is 0 Å². The second-order valence-corrected chi connectivity index (χ2v) is 8.95. The van der Waals surface area contributed by atoms with E-state index in [0.717, 1.165) is 22.9 Å². The summed E-state index contributed by atoms with van der Waals surface area (Å²) in [6, 6.07) is 15.8. The number of rotatable bonds is 5. The molecule has 1 amide bonds. The highest BCUT2D eigenvalue weighted by Gasteiger charge is 2.40. The highest BCUT2D eigenvalue weighted by molar-refractivity contribution is 7.99. The number of hydrogen-bond donors (Lipinski definition) is 1. The molecule has 152 valence electrons. The van der Waals surface area contributed by atoms with Crippen LogP contribution in [0.5, 0.6) is 5.75 Å². The minimum absolute atomic E-state index is 0.0119. The summed E-state index contributed by atoms with van der Waals surface area (Å²) >= 11 is 1.60. The van der Waals surface area contributed by atoms with Crippen LogP contribution in [-0.2, 0) is 4.79 Å². The second kappa shape index (κ2) is 8.59. The molecule has 29 heavy (non-hydrogen) atoms. The van der Waals surface area contributed by atoms with Gasteiger partial charge in [0.1, 0.15) is 5.75 Å². The van der Waals surface area contributed by atoms with Gasteiger partial charge < -0.3 is 10.1 Å². The highest BCUT2D eigenvalue weighted by atomic mass is 32.2. The Balaban J connectivity index is 1.36. The van der Waals surface area contributed by atoms with Gasteiger partial charge in [-0.3, -0.25) is 14.5 Å². The molecule has 2 bridgehead atoms. The van der Waals surface area contributed by atoms with Gasteiger partial charge in [-0.1, -0.05) is 11.8 Å². The van der Waals surface area contributed by atoms with Gasteiger partial charge in [-0.25, -0.2) is 0 Å². The maximum absolute atomic E-state index is 12.8. The van der Waals surface area contributed by atoms with Crippen molar-refractivity contribution in [2.45, 2.75) is 48.6 Å². The smallest absolute Gasteiger partial charge is 0.308 e. The Hall–Kier alpha value is -2.31. The van der Waals surface area contributed by atoms with Crippen LogP contribution < -0.4 is 10.1 Å². The summed E-state index contributed by atoms with van der Waals surface area (Å²) in [6.45, 7) is 5.93. The van der Waals surface area contributed by atoms with Crippen molar-refractivity contribution in [1.82, 2.24) is 10.2 Å². The molecule has 0 aromatic heterocycles. The van der Waals surface area contributed by atoms with Crippen molar-refractivity contribution >= 4 is 23.6 Å². The summed E-state index contributed by atoms with van der Waals surface area (Å²) in [4.78, 5) is 28.3. The van der Waals surface area contributed by atoms with E-state index in [4.69, 9.17) is 4.74 Å². The first-order chi connectivity index (χ1) is 14.0. The molecular formula is C23H26N2O3S. The SMILES string of the molecule is CC(=O)Oc1ccc(Sc2ccc(C(=O)NC3C4CCN(CC4)C3C)cc2)cc1. The fraction of sp³-hybridized carbons (Fsp3) is 0.391. The van der Waals surface area contributed by atoms with Crippen molar-refractivity contribution in [3.8, 4) is 5.75 Å². The van der Waals surface area contributed by atoms with Gasteiger partial charge in [0.2, 0.25) is 0 Å². The Labute approximate surface area is 175 Å². The molecule has 3 saturated heterocycles. The van der Waals surface area contributed by atoms with E-state index in [1.54, 1.807) is 23.9 Å². The van der Waals surface area contributed by atoms with Crippen LogP contribution >= 0.6 is 11.8 Å². The molecular weight excluding hydrogens is 384 g/mol. The zero-order chi connectivity index (χ0) is 20.4. The van der Waals surface area contributed by atoms with Gasteiger partial charge >= 0.3 is 5.97 Å². The number of nitrogens with one attached hydrogen (secondary N) is 1. The number of piperidine rings is 3. The monoisotopic (exact) mass is 410 g/mol. The number of carbonyl (C=O) groups is 2. The molecule has 1 N–H and O–H groups in total. The first-order valence-corrected chi connectivity index (χ1v) is 10.9. The molecule has 3 aliphatic heterocycles. The number of carbonyl (C=O) groups excluding carboxylic acids is 2. The maximum atomic E-state index is 12.8. The van der Waals surface area contributed by atoms with Crippen LogP contribution in [0.3, 0.4) is 0 Å². The van der Waals surface area contributed by atoms with Gasteiger partial charge in [0.05, 0.1) is 0 Å². The lowest BCUT2D eigenvalue weighted by atomic mass is 9.79. The van der Waals surface area contributed by atoms with Crippen LogP contribution in [0.4, 0.5) is 0 Å². The van der Waals surface area contributed by atoms with Gasteiger partial charge in [0.25, 0.3) is 5.91 Å². The van der Waals surface area contributed by atoms with E-state index in [1.165, 1.54) is 19.8 Å². The average molecular weight is 411 g/mol. The molecule has 0 radical (unpaired) electrons. The standard InChI is InChI=1S/C23H26N2O3S/c1-15-22(17-11-13-25(15)14-12-17)24-23(27)18-3-7-20(8-4-18)29-21-9-5-19(6-10-21)28-16(2)26/h3-10,15,17,22H,11-14H2,1-2H3,(H,24,27). The van der Waals surface area contributed by atoms with Crippen LogP contribution in [0, 0.1) is 5.92 Å². The number of benzene rings is 2. The van der Waals surface area contributed by atoms with E-state index in [0.29, 0.717) is 23.3 Å². The van der Waals surface area contributed by atoms with E-state index in [-0.39, 0.29) is 17.9 Å². The maximum Gasteiger partial charge on any atom is 0.308 e. The van der Waals surface area contributed by atoms with Crippen molar-refractivity contribution in [2.75, 3.05) is 13.1 Å². The molecule has 0 saturated carbocycles. The Morgan fingerprint density at radius 3 is 2.14 bits per heavy atom. The molecule has 6 heteroatoms. The summed E-state index contributed by atoms with van der Waals surface area (Å²) < 4.78 is 5.05. The number of ether oxygens (including phenoxy) is 1. The first-order valence-electron chi connectivity index (χ1n) is 10.1. The zero-order valence-electron chi connectivity index (χ0n) is 16.8. The topological polar surface area (TPSA) is 58.6 Å². The Morgan fingerprint density at radius 2 is 1.59 bits per heavy atom. The number of amides is 1. The van der Waals surface area contributed by atoms with E-state index in [9.17, 15) is 9.59 Å². The molecule has 0 spiro atoms. The zero-order valence-corrected chi connectivity index (χ0v) is 17.6. The largest absolute Gasteiger partial charge is 0.427 e. The first kappa shape index (κ1) is 20.0. The number of esters is 1. The predicted molar refractivity (Wildman–Crippen MR) is 113 cm³/mol. The Kier molecular flexibility index (Phi) is 5.92. The predicted octanol–water partition coefficient (Wildman–Crippen LogP) is 3.98. The molecule has 2 unspecified atom stereocenters. The lowest BCUT2D eigenvalue weighted by molar-refractivity contribution is -0.131. The summed E-state index contributed by atoms with van der Waals surface area (Å²) in [5.41, 5.74) is 0.697. The molecule has 0 aliphatic carbocycles. The summed E-state index contributed by atoms with van der Waals surface area (Å²) in [7, 11) is 0. The summed E-state index contributed by atoms with van der Waals surface area (Å²) in [5.74, 6) is 0.823. The van der Waals surface area contributed by atoms with Crippen LogP contribution in [0.1, 0.15) is 37.0 Å². The third kappa shape index (κ3) is 4.65. The van der Waals surface area contributed by atoms with E-state index in [1.807, 2.05) is 36.4 Å². The Morgan fingerprint density at radius 1 is 1.00 bits per heavy atom. The quantitative estimate of drug-likeness (QED) is 0.597. The second-order valence-electron chi connectivity index (χ2n) is 7.80. The van der Waals surface area contributed by atoms with Gasteiger partial charge in [0.15, 0.2) is 0 Å². The highest BCUT2D eigenvalue weighted by Crippen LogP contribution is 2.33. The van der Waals surface area contributed by atoms with Crippen LogP contribution in [0.25, 0.3) is 0 Å². The molecule has 3 aliphatic rings. The minimum atomic E-state index is -0.327. The average Bonchev–Trinajstić information content (AvgIpc) is 2.72. The molecule has 5 nitrogen and oxygen atoms in total. The summed E-state index contributed by atoms with van der Waals surface area (Å²) in [5, 5.41) is 3.28. The number of hydrogen-bond acceptors (Lipinski definition) is 5. The Bertz CT molecular complexity index is 872. The van der Waals surface area contributed by atoms with Crippen molar-refractivity contribution < 1.29 is 14.3 Å². The fourth-order valence-corrected chi connectivity index (χ4v) is 5.15. The van der Waals surface area contributed by atoms with E-state index in [2.05, 4.69) is 17.1 Å². The van der Waals surface area contributed by atoms with E-state index >= 15 is 0 Å². The van der Waals surface area contributed by atoms with Crippen LogP contribution in [-0.4, -0.2) is 41.9 Å². The molecule has 3 heterocycles. The van der Waals surface area contributed by atoms with Gasteiger partial charge in [-0.15, -0.1) is 0 Å². The molecule has 2 atom stereocenters. The molecule has 2 aromatic carbocycles. The fourth-order valence-electron chi connectivity index (χ4n) is 4.33. The normalized spacial score (nSPS) is 25.4. The summed E-state index contributed by atoms with van der Waals surface area (Å²) in [6.07, 6.45) is 2.36. The molecule has 2 aromatic rings. The van der Waals surface area contributed by atoms with Gasteiger partial charge in [-0.05, 0) is 87.3 Å². The van der Waals surface area contributed by atoms with Crippen molar-refractivity contribution in [1.29, 1.82) is 0 Å².